The van der Waals surface area contributed by atoms with Gasteiger partial charge < -0.3 is 4.90 Å². The minimum absolute atomic E-state index is 0.129. The molecule has 1 aliphatic rings. The van der Waals surface area contributed by atoms with Crippen LogP contribution in [0.3, 0.4) is 0 Å². The molecule has 1 aliphatic heterocycles. The maximum atomic E-state index is 12.6. The monoisotopic (exact) mass is 276 g/mol. The molecule has 2 nitrogen and oxygen atoms in total. The van der Waals surface area contributed by atoms with E-state index in [4.69, 9.17) is 11.6 Å². The standard InChI is InChI=1S/C12H12ClF3N2/c1-18-7-10(12(14,15)16)17-11(18)9-4-2-8(6-13)3-5-9/h2-5,10H,6-7H2,1H3. The van der Waals surface area contributed by atoms with Crippen molar-refractivity contribution in [1.82, 2.24) is 4.90 Å². The highest BCUT2D eigenvalue weighted by Gasteiger charge is 2.44. The van der Waals surface area contributed by atoms with Crippen LogP contribution in [0.15, 0.2) is 29.3 Å². The van der Waals surface area contributed by atoms with Crippen molar-refractivity contribution < 1.29 is 13.2 Å². The topological polar surface area (TPSA) is 15.6 Å². The Hall–Kier alpha value is -1.23. The Morgan fingerprint density at radius 1 is 1.33 bits per heavy atom. The molecule has 0 bridgehead atoms. The second-order valence-corrected chi connectivity index (χ2v) is 4.49. The molecule has 0 radical (unpaired) electrons. The molecule has 0 aliphatic carbocycles. The molecule has 1 heterocycles. The molecule has 1 unspecified atom stereocenters. The third-order valence-electron chi connectivity index (χ3n) is 2.83. The van der Waals surface area contributed by atoms with Gasteiger partial charge in [-0.1, -0.05) is 24.3 Å². The fourth-order valence-electron chi connectivity index (χ4n) is 1.85. The molecule has 98 valence electrons. The van der Waals surface area contributed by atoms with Crippen LogP contribution < -0.4 is 0 Å². The maximum absolute atomic E-state index is 12.6. The van der Waals surface area contributed by atoms with Gasteiger partial charge in [-0.15, -0.1) is 11.6 Å². The molecular formula is C12H12ClF3N2. The average molecular weight is 277 g/mol. The first-order valence-electron chi connectivity index (χ1n) is 5.42. The summed E-state index contributed by atoms with van der Waals surface area (Å²) in [6, 6.07) is 5.43. The molecule has 6 heteroatoms. The first-order valence-corrected chi connectivity index (χ1v) is 5.96. The summed E-state index contributed by atoms with van der Waals surface area (Å²) < 4.78 is 37.8. The van der Waals surface area contributed by atoms with E-state index in [-0.39, 0.29) is 6.54 Å². The Labute approximate surface area is 108 Å². The van der Waals surface area contributed by atoms with Gasteiger partial charge in [0.1, 0.15) is 5.84 Å². The molecule has 1 aromatic rings. The molecule has 1 atom stereocenters. The lowest BCUT2D eigenvalue weighted by atomic mass is 10.1. The molecule has 2 rings (SSSR count). The summed E-state index contributed by atoms with van der Waals surface area (Å²) >= 11 is 5.66. The Kier molecular flexibility index (Phi) is 3.52. The number of aliphatic imine (C=N–C) groups is 1. The molecule has 0 saturated carbocycles. The van der Waals surface area contributed by atoms with Gasteiger partial charge in [0.25, 0.3) is 0 Å². The fraction of sp³-hybridized carbons (Fsp3) is 0.417. The summed E-state index contributed by atoms with van der Waals surface area (Å²) in [6.07, 6.45) is -4.29. The van der Waals surface area contributed by atoms with Gasteiger partial charge in [0.05, 0.1) is 6.54 Å². The number of amidine groups is 1. The van der Waals surface area contributed by atoms with Gasteiger partial charge in [-0.2, -0.15) is 13.2 Å². The smallest absolute Gasteiger partial charge is 0.357 e. The van der Waals surface area contributed by atoms with Gasteiger partial charge in [0.15, 0.2) is 6.04 Å². The molecule has 0 N–H and O–H groups in total. The first kappa shape index (κ1) is 13.2. The number of alkyl halides is 4. The van der Waals surface area contributed by atoms with Crippen LogP contribution in [0, 0.1) is 0 Å². The van der Waals surface area contributed by atoms with Crippen LogP contribution in [0.25, 0.3) is 0 Å². The van der Waals surface area contributed by atoms with Crippen LogP contribution in [0.1, 0.15) is 11.1 Å². The second-order valence-electron chi connectivity index (χ2n) is 4.22. The summed E-state index contributed by atoms with van der Waals surface area (Å²) in [7, 11) is 1.61. The molecule has 1 aromatic carbocycles. The highest BCUT2D eigenvalue weighted by atomic mass is 35.5. The molecule has 0 aromatic heterocycles. The summed E-state index contributed by atoms with van der Waals surface area (Å²) in [4.78, 5) is 5.27. The van der Waals surface area contributed by atoms with Crippen LogP contribution in [-0.2, 0) is 5.88 Å². The number of rotatable bonds is 2. The zero-order chi connectivity index (χ0) is 13.3. The van der Waals surface area contributed by atoms with E-state index in [0.29, 0.717) is 17.3 Å². The van der Waals surface area contributed by atoms with Gasteiger partial charge in [0.2, 0.25) is 0 Å². The Balaban J connectivity index is 2.26. The minimum atomic E-state index is -4.29. The highest BCUT2D eigenvalue weighted by molar-refractivity contribution is 6.17. The molecule has 0 spiro atoms. The van der Waals surface area contributed by atoms with Crippen LogP contribution in [0.2, 0.25) is 0 Å². The number of hydrogen-bond donors (Lipinski definition) is 0. The van der Waals surface area contributed by atoms with Crippen molar-refractivity contribution in [3.63, 3.8) is 0 Å². The van der Waals surface area contributed by atoms with E-state index in [0.717, 1.165) is 5.56 Å². The minimum Gasteiger partial charge on any atom is -0.357 e. The van der Waals surface area contributed by atoms with Crippen LogP contribution >= 0.6 is 11.6 Å². The van der Waals surface area contributed by atoms with Crippen molar-refractivity contribution >= 4 is 17.4 Å². The van der Waals surface area contributed by atoms with Crippen molar-refractivity contribution in [2.75, 3.05) is 13.6 Å². The fourth-order valence-corrected chi connectivity index (χ4v) is 2.03. The quantitative estimate of drug-likeness (QED) is 0.758. The van der Waals surface area contributed by atoms with Crippen LogP contribution in [0.5, 0.6) is 0 Å². The normalized spacial score (nSPS) is 20.2. The SMILES string of the molecule is CN1CC(C(F)(F)F)N=C1c1ccc(CCl)cc1. The van der Waals surface area contributed by atoms with E-state index >= 15 is 0 Å². The Morgan fingerprint density at radius 2 is 1.94 bits per heavy atom. The molecule has 18 heavy (non-hydrogen) atoms. The Morgan fingerprint density at radius 3 is 2.39 bits per heavy atom. The van der Waals surface area contributed by atoms with Gasteiger partial charge in [-0.3, -0.25) is 4.99 Å². The first-order chi connectivity index (χ1) is 8.41. The van der Waals surface area contributed by atoms with Gasteiger partial charge >= 0.3 is 6.18 Å². The lowest BCUT2D eigenvalue weighted by Gasteiger charge is -2.15. The molecule has 0 saturated heterocycles. The number of likely N-dealkylation sites (N-methyl/N-ethyl adjacent to an activating group) is 1. The molecular weight excluding hydrogens is 265 g/mol. The van der Waals surface area contributed by atoms with E-state index in [1.807, 2.05) is 0 Å². The molecule has 0 amide bonds. The second kappa shape index (κ2) is 4.80. The van der Waals surface area contributed by atoms with E-state index in [1.54, 1.807) is 31.3 Å². The third kappa shape index (κ3) is 2.61. The van der Waals surface area contributed by atoms with Crippen LogP contribution in [-0.4, -0.2) is 36.5 Å². The predicted molar refractivity (Wildman–Crippen MR) is 65.0 cm³/mol. The molecule has 0 fully saturated rings. The summed E-state index contributed by atoms with van der Waals surface area (Å²) in [6.45, 7) is -0.129. The third-order valence-corrected chi connectivity index (χ3v) is 3.14. The van der Waals surface area contributed by atoms with Crippen molar-refractivity contribution in [3.8, 4) is 0 Å². The number of benzene rings is 1. The zero-order valence-electron chi connectivity index (χ0n) is 9.71. The van der Waals surface area contributed by atoms with Crippen molar-refractivity contribution in [3.05, 3.63) is 35.4 Å². The number of nitrogens with zero attached hydrogens (tertiary/aromatic N) is 2. The van der Waals surface area contributed by atoms with Crippen molar-refractivity contribution in [2.24, 2.45) is 4.99 Å². The van der Waals surface area contributed by atoms with Crippen molar-refractivity contribution in [1.29, 1.82) is 0 Å². The van der Waals surface area contributed by atoms with E-state index in [2.05, 4.69) is 4.99 Å². The van der Waals surface area contributed by atoms with E-state index in [9.17, 15) is 13.2 Å². The predicted octanol–water partition coefficient (Wildman–Crippen LogP) is 3.05. The summed E-state index contributed by atoms with van der Waals surface area (Å²) in [5.74, 6) is 0.756. The van der Waals surface area contributed by atoms with E-state index in [1.165, 1.54) is 4.90 Å². The van der Waals surface area contributed by atoms with Crippen LogP contribution in [0.4, 0.5) is 13.2 Å². The summed E-state index contributed by atoms with van der Waals surface area (Å²) in [5, 5.41) is 0. The lowest BCUT2D eigenvalue weighted by Crippen LogP contribution is -2.32. The highest BCUT2D eigenvalue weighted by Crippen LogP contribution is 2.28. The number of hydrogen-bond acceptors (Lipinski definition) is 2. The van der Waals surface area contributed by atoms with E-state index < -0.39 is 12.2 Å². The zero-order valence-corrected chi connectivity index (χ0v) is 10.5. The lowest BCUT2D eigenvalue weighted by molar-refractivity contribution is -0.145. The van der Waals surface area contributed by atoms with Gasteiger partial charge in [0, 0.05) is 18.5 Å². The average Bonchev–Trinajstić information content (AvgIpc) is 2.71. The largest absolute Gasteiger partial charge is 0.412 e. The summed E-state index contributed by atoms with van der Waals surface area (Å²) in [5.41, 5.74) is 1.60. The van der Waals surface area contributed by atoms with Gasteiger partial charge in [-0.25, -0.2) is 0 Å². The number of halogens is 4. The van der Waals surface area contributed by atoms with Gasteiger partial charge in [-0.05, 0) is 5.56 Å². The maximum Gasteiger partial charge on any atom is 0.412 e. The Bertz CT molecular complexity index is 453. The van der Waals surface area contributed by atoms with Crippen molar-refractivity contribution in [2.45, 2.75) is 18.1 Å².